The van der Waals surface area contributed by atoms with Gasteiger partial charge < -0.3 is 10.1 Å². The number of halogens is 2. The Labute approximate surface area is 115 Å². The predicted molar refractivity (Wildman–Crippen MR) is 72.1 cm³/mol. The van der Waals surface area contributed by atoms with Gasteiger partial charge in [0.25, 0.3) is 5.91 Å². The molecule has 0 aliphatic heterocycles. The summed E-state index contributed by atoms with van der Waals surface area (Å²) in [5.41, 5.74) is -0.264. The summed E-state index contributed by atoms with van der Waals surface area (Å²) in [5, 5.41) is 2.84. The molecule has 0 saturated heterocycles. The number of nitrogens with one attached hydrogen (secondary N) is 1. The first-order valence-electron chi connectivity index (χ1n) is 5.73. The molecule has 0 fully saturated rings. The molecule has 0 bridgehead atoms. The van der Waals surface area contributed by atoms with Gasteiger partial charge in [0.2, 0.25) is 0 Å². The Morgan fingerprint density at radius 3 is 2.78 bits per heavy atom. The maximum absolute atomic E-state index is 13.0. The molecule has 3 nitrogen and oxygen atoms in total. The van der Waals surface area contributed by atoms with Crippen LogP contribution < -0.4 is 10.1 Å². The highest BCUT2D eigenvalue weighted by atomic mass is 79.9. The average Bonchev–Trinajstić information content (AvgIpc) is 2.30. The topological polar surface area (TPSA) is 38.3 Å². The number of carbonyl (C=O) groups excluding carboxylic acids is 1. The second-order valence-electron chi connectivity index (χ2n) is 4.65. The van der Waals surface area contributed by atoms with Crippen LogP contribution in [0.15, 0.2) is 22.7 Å². The summed E-state index contributed by atoms with van der Waals surface area (Å²) < 4.78 is 18.9. The van der Waals surface area contributed by atoms with Gasteiger partial charge in [0.05, 0.1) is 4.47 Å². The zero-order chi connectivity index (χ0) is 13.8. The summed E-state index contributed by atoms with van der Waals surface area (Å²) in [5.74, 6) is -0.306. The summed E-state index contributed by atoms with van der Waals surface area (Å²) in [7, 11) is 0. The van der Waals surface area contributed by atoms with Gasteiger partial charge in [-0.05, 0) is 48.3 Å². The van der Waals surface area contributed by atoms with Crippen molar-refractivity contribution in [2.24, 2.45) is 0 Å². The molecule has 1 aromatic rings. The second kappa shape index (κ2) is 6.18. The maximum Gasteiger partial charge on any atom is 0.258 e. The van der Waals surface area contributed by atoms with Crippen molar-refractivity contribution in [1.29, 1.82) is 0 Å². The highest BCUT2D eigenvalue weighted by Crippen LogP contribution is 2.25. The average molecular weight is 318 g/mol. The van der Waals surface area contributed by atoms with Crippen LogP contribution in [-0.2, 0) is 4.79 Å². The zero-order valence-electron chi connectivity index (χ0n) is 10.7. The van der Waals surface area contributed by atoms with Crippen LogP contribution in [0.1, 0.15) is 27.2 Å². The molecule has 0 atom stereocenters. The molecule has 5 heteroatoms. The van der Waals surface area contributed by atoms with Gasteiger partial charge in [-0.3, -0.25) is 4.79 Å². The summed E-state index contributed by atoms with van der Waals surface area (Å²) in [4.78, 5) is 11.6. The molecule has 0 saturated carbocycles. The number of hydrogen-bond acceptors (Lipinski definition) is 2. The van der Waals surface area contributed by atoms with E-state index in [1.54, 1.807) is 6.07 Å². The fourth-order valence-corrected chi connectivity index (χ4v) is 1.59. The minimum Gasteiger partial charge on any atom is -0.482 e. The minimum absolute atomic E-state index is 0.133. The van der Waals surface area contributed by atoms with Crippen LogP contribution in [-0.4, -0.2) is 18.1 Å². The summed E-state index contributed by atoms with van der Waals surface area (Å²) >= 11 is 3.23. The van der Waals surface area contributed by atoms with E-state index in [9.17, 15) is 9.18 Å². The smallest absolute Gasteiger partial charge is 0.258 e. The largest absolute Gasteiger partial charge is 0.482 e. The van der Waals surface area contributed by atoms with E-state index in [4.69, 9.17) is 4.74 Å². The molecule has 0 aromatic heterocycles. The van der Waals surface area contributed by atoms with Gasteiger partial charge in [-0.2, -0.15) is 0 Å². The standard InChI is InChI=1S/C13H17BrFNO2/c1-4-13(2,3)16-12(17)8-18-11-7-9(15)5-6-10(11)14/h5-7H,4,8H2,1-3H3,(H,16,17). The summed E-state index contributed by atoms with van der Waals surface area (Å²) in [6.07, 6.45) is 0.822. The van der Waals surface area contributed by atoms with Crippen LogP contribution in [0, 0.1) is 5.82 Å². The lowest BCUT2D eigenvalue weighted by atomic mass is 10.0. The fourth-order valence-electron chi connectivity index (χ4n) is 1.23. The van der Waals surface area contributed by atoms with Crippen molar-refractivity contribution in [3.05, 3.63) is 28.5 Å². The van der Waals surface area contributed by atoms with E-state index < -0.39 is 5.82 Å². The van der Waals surface area contributed by atoms with Crippen molar-refractivity contribution in [3.8, 4) is 5.75 Å². The third-order valence-electron chi connectivity index (χ3n) is 2.61. The molecule has 1 aromatic carbocycles. The van der Waals surface area contributed by atoms with Gasteiger partial charge in [0, 0.05) is 11.6 Å². The maximum atomic E-state index is 13.0. The van der Waals surface area contributed by atoms with Gasteiger partial charge >= 0.3 is 0 Å². The van der Waals surface area contributed by atoms with Crippen molar-refractivity contribution in [2.45, 2.75) is 32.7 Å². The van der Waals surface area contributed by atoms with Crippen LogP contribution in [0.25, 0.3) is 0 Å². The first kappa shape index (κ1) is 15.0. The molecule has 0 spiro atoms. The molecular weight excluding hydrogens is 301 g/mol. The molecular formula is C13H17BrFNO2. The molecule has 100 valence electrons. The van der Waals surface area contributed by atoms with Gasteiger partial charge in [-0.25, -0.2) is 4.39 Å². The quantitative estimate of drug-likeness (QED) is 0.905. The van der Waals surface area contributed by atoms with E-state index in [0.29, 0.717) is 10.2 Å². The van der Waals surface area contributed by atoms with E-state index >= 15 is 0 Å². The summed E-state index contributed by atoms with van der Waals surface area (Å²) in [6.45, 7) is 5.72. The molecule has 0 aliphatic rings. The first-order valence-corrected chi connectivity index (χ1v) is 6.52. The molecule has 1 rings (SSSR count). The second-order valence-corrected chi connectivity index (χ2v) is 5.50. The zero-order valence-corrected chi connectivity index (χ0v) is 12.3. The van der Waals surface area contributed by atoms with Crippen molar-refractivity contribution in [2.75, 3.05) is 6.61 Å². The number of rotatable bonds is 5. The van der Waals surface area contributed by atoms with Gasteiger partial charge in [-0.15, -0.1) is 0 Å². The Bertz CT molecular complexity index is 435. The Morgan fingerprint density at radius 2 is 2.17 bits per heavy atom. The van der Waals surface area contributed by atoms with Crippen LogP contribution in [0.3, 0.4) is 0 Å². The van der Waals surface area contributed by atoms with E-state index in [1.807, 2.05) is 20.8 Å². The van der Waals surface area contributed by atoms with E-state index in [-0.39, 0.29) is 18.1 Å². The van der Waals surface area contributed by atoms with Crippen molar-refractivity contribution in [1.82, 2.24) is 5.32 Å². The fraction of sp³-hybridized carbons (Fsp3) is 0.462. The lowest BCUT2D eigenvalue weighted by Crippen LogP contribution is -2.44. The lowest BCUT2D eigenvalue weighted by molar-refractivity contribution is -0.124. The van der Waals surface area contributed by atoms with Crippen LogP contribution >= 0.6 is 15.9 Å². The number of ether oxygens (including phenoxy) is 1. The monoisotopic (exact) mass is 317 g/mol. The van der Waals surface area contributed by atoms with E-state index in [2.05, 4.69) is 21.2 Å². The molecule has 1 N–H and O–H groups in total. The lowest BCUT2D eigenvalue weighted by Gasteiger charge is -2.24. The van der Waals surface area contributed by atoms with Crippen molar-refractivity contribution < 1.29 is 13.9 Å². The van der Waals surface area contributed by atoms with Crippen LogP contribution in [0.5, 0.6) is 5.75 Å². The molecule has 0 unspecified atom stereocenters. The molecule has 0 radical (unpaired) electrons. The Balaban J connectivity index is 2.55. The number of carbonyl (C=O) groups is 1. The Morgan fingerprint density at radius 1 is 1.50 bits per heavy atom. The molecule has 1 amide bonds. The van der Waals surface area contributed by atoms with Crippen molar-refractivity contribution >= 4 is 21.8 Å². The summed E-state index contributed by atoms with van der Waals surface area (Å²) in [6, 6.07) is 4.10. The first-order chi connectivity index (χ1) is 8.34. The number of benzene rings is 1. The van der Waals surface area contributed by atoms with Gasteiger partial charge in [-0.1, -0.05) is 6.92 Å². The Hall–Kier alpha value is -1.10. The van der Waals surface area contributed by atoms with Gasteiger partial charge in [0.15, 0.2) is 6.61 Å². The normalized spacial score (nSPS) is 11.2. The highest BCUT2D eigenvalue weighted by molar-refractivity contribution is 9.10. The van der Waals surface area contributed by atoms with E-state index in [0.717, 1.165) is 6.42 Å². The number of amides is 1. The van der Waals surface area contributed by atoms with E-state index in [1.165, 1.54) is 12.1 Å². The molecule has 0 aliphatic carbocycles. The molecule has 18 heavy (non-hydrogen) atoms. The third kappa shape index (κ3) is 4.64. The Kier molecular flexibility index (Phi) is 5.14. The SMILES string of the molecule is CCC(C)(C)NC(=O)COc1cc(F)ccc1Br. The van der Waals surface area contributed by atoms with Crippen LogP contribution in [0.4, 0.5) is 4.39 Å². The third-order valence-corrected chi connectivity index (χ3v) is 3.27. The number of hydrogen-bond donors (Lipinski definition) is 1. The van der Waals surface area contributed by atoms with Crippen molar-refractivity contribution in [3.63, 3.8) is 0 Å². The minimum atomic E-state index is -0.400. The van der Waals surface area contributed by atoms with Crippen LogP contribution in [0.2, 0.25) is 0 Å². The highest BCUT2D eigenvalue weighted by Gasteiger charge is 2.18. The predicted octanol–water partition coefficient (Wildman–Crippen LogP) is 3.27. The van der Waals surface area contributed by atoms with Gasteiger partial charge in [0.1, 0.15) is 11.6 Å². The molecule has 0 heterocycles.